The molecule has 2 heterocycles. The molecule has 2 aromatic carbocycles. The van der Waals surface area contributed by atoms with Crippen molar-refractivity contribution in [1.82, 2.24) is 14.7 Å². The van der Waals surface area contributed by atoms with Gasteiger partial charge in [0.1, 0.15) is 11.9 Å². The highest BCUT2D eigenvalue weighted by Crippen LogP contribution is 2.28. The maximum absolute atomic E-state index is 12.8. The summed E-state index contributed by atoms with van der Waals surface area (Å²) in [6.45, 7) is 1.35. The van der Waals surface area contributed by atoms with E-state index in [0.717, 1.165) is 35.9 Å². The van der Waals surface area contributed by atoms with Crippen LogP contribution in [0.4, 0.5) is 5.13 Å². The molecule has 0 saturated carbocycles. The Labute approximate surface area is 190 Å². The van der Waals surface area contributed by atoms with E-state index in [1.54, 1.807) is 6.07 Å². The first-order chi connectivity index (χ1) is 14.6. The summed E-state index contributed by atoms with van der Waals surface area (Å²) >= 11 is 13.5. The van der Waals surface area contributed by atoms with Crippen molar-refractivity contribution in [2.45, 2.75) is 31.7 Å². The van der Waals surface area contributed by atoms with Gasteiger partial charge in [0.05, 0.1) is 0 Å². The minimum Gasteiger partial charge on any atom is -0.354 e. The Morgan fingerprint density at radius 3 is 2.83 bits per heavy atom. The lowest BCUT2D eigenvalue weighted by Gasteiger charge is -2.22. The fraction of sp³-hybridized carbons (Fsp3) is 0.318. The van der Waals surface area contributed by atoms with Gasteiger partial charge in [-0.3, -0.25) is 4.79 Å². The van der Waals surface area contributed by atoms with Crippen LogP contribution in [0.5, 0.6) is 0 Å². The summed E-state index contributed by atoms with van der Waals surface area (Å²) in [5.41, 5.74) is 2.15. The predicted octanol–water partition coefficient (Wildman–Crippen LogP) is 4.76. The van der Waals surface area contributed by atoms with Crippen molar-refractivity contribution < 1.29 is 4.79 Å². The Hall–Kier alpha value is -2.15. The second-order valence-corrected chi connectivity index (χ2v) is 8.86. The Morgan fingerprint density at radius 2 is 2.03 bits per heavy atom. The minimum absolute atomic E-state index is 0.0254. The Bertz CT molecular complexity index is 1010. The molecule has 1 atom stereocenters. The van der Waals surface area contributed by atoms with Gasteiger partial charge in [0.25, 0.3) is 0 Å². The van der Waals surface area contributed by atoms with Crippen molar-refractivity contribution in [2.75, 3.05) is 18.0 Å². The van der Waals surface area contributed by atoms with E-state index in [2.05, 4.69) is 26.7 Å². The van der Waals surface area contributed by atoms with Crippen LogP contribution < -0.4 is 10.2 Å². The third kappa shape index (κ3) is 5.12. The number of rotatable bonds is 7. The first-order valence-corrected chi connectivity index (χ1v) is 11.5. The average molecular weight is 461 g/mol. The number of amides is 1. The first-order valence-electron chi connectivity index (χ1n) is 9.95. The van der Waals surface area contributed by atoms with Crippen LogP contribution in [-0.4, -0.2) is 34.4 Å². The van der Waals surface area contributed by atoms with Crippen molar-refractivity contribution in [2.24, 2.45) is 0 Å². The van der Waals surface area contributed by atoms with Crippen LogP contribution >= 0.6 is 34.7 Å². The quantitative estimate of drug-likeness (QED) is 0.551. The summed E-state index contributed by atoms with van der Waals surface area (Å²) < 4.78 is 4.50. The number of nitrogens with zero attached hydrogens (tertiary/aromatic N) is 3. The van der Waals surface area contributed by atoms with Crippen LogP contribution in [0.3, 0.4) is 0 Å². The SMILES string of the molecule is O=C(NCCc1ccc(Cl)cc1Cl)C1CCCN1c1nc(Cc2ccccc2)ns1. The normalized spacial score (nSPS) is 16.1. The lowest BCUT2D eigenvalue weighted by Crippen LogP contribution is -2.44. The maximum Gasteiger partial charge on any atom is 0.242 e. The monoisotopic (exact) mass is 460 g/mol. The number of anilines is 1. The molecule has 0 spiro atoms. The molecule has 8 heteroatoms. The van der Waals surface area contributed by atoms with Crippen LogP contribution in [0.1, 0.15) is 29.8 Å². The van der Waals surface area contributed by atoms with Crippen LogP contribution in [0.2, 0.25) is 10.0 Å². The van der Waals surface area contributed by atoms with E-state index in [4.69, 9.17) is 28.2 Å². The topological polar surface area (TPSA) is 58.1 Å². The van der Waals surface area contributed by atoms with Crippen LogP contribution in [0, 0.1) is 0 Å². The number of benzene rings is 2. The first kappa shape index (κ1) is 21.1. The molecule has 3 aromatic rings. The highest BCUT2D eigenvalue weighted by Gasteiger charge is 2.32. The average Bonchev–Trinajstić information content (AvgIpc) is 3.39. The predicted molar refractivity (Wildman–Crippen MR) is 123 cm³/mol. The van der Waals surface area contributed by atoms with Gasteiger partial charge in [0.15, 0.2) is 0 Å². The number of nitrogens with one attached hydrogen (secondary N) is 1. The van der Waals surface area contributed by atoms with Gasteiger partial charge in [-0.25, -0.2) is 4.98 Å². The summed E-state index contributed by atoms with van der Waals surface area (Å²) in [5, 5.41) is 5.10. The zero-order valence-electron chi connectivity index (χ0n) is 16.4. The van der Waals surface area contributed by atoms with Gasteiger partial charge in [-0.1, -0.05) is 59.6 Å². The number of halogens is 2. The van der Waals surface area contributed by atoms with Crippen molar-refractivity contribution in [3.63, 3.8) is 0 Å². The lowest BCUT2D eigenvalue weighted by atomic mass is 10.1. The van der Waals surface area contributed by atoms with Gasteiger partial charge in [-0.2, -0.15) is 4.37 Å². The molecule has 1 aromatic heterocycles. The van der Waals surface area contributed by atoms with Crippen LogP contribution in [0.15, 0.2) is 48.5 Å². The van der Waals surface area contributed by atoms with Crippen molar-refractivity contribution in [3.8, 4) is 0 Å². The largest absolute Gasteiger partial charge is 0.354 e. The summed E-state index contributed by atoms with van der Waals surface area (Å²) in [5.74, 6) is 0.821. The summed E-state index contributed by atoms with van der Waals surface area (Å²) in [6.07, 6.45) is 3.15. The second kappa shape index (κ2) is 9.77. The number of carbonyl (C=O) groups excluding carboxylic acids is 1. The molecule has 5 nitrogen and oxygen atoms in total. The fourth-order valence-corrected chi connectivity index (χ4v) is 4.91. The molecule has 0 radical (unpaired) electrons. The van der Waals surface area contributed by atoms with E-state index in [1.807, 2.05) is 30.3 Å². The van der Waals surface area contributed by atoms with Gasteiger partial charge in [-0.15, -0.1) is 0 Å². The minimum atomic E-state index is -0.205. The molecule has 30 heavy (non-hydrogen) atoms. The van der Waals surface area contributed by atoms with Gasteiger partial charge < -0.3 is 10.2 Å². The third-order valence-corrected chi connectivity index (χ3v) is 6.55. The van der Waals surface area contributed by atoms with E-state index in [9.17, 15) is 4.79 Å². The van der Waals surface area contributed by atoms with E-state index < -0.39 is 0 Å². The van der Waals surface area contributed by atoms with E-state index in [-0.39, 0.29) is 11.9 Å². The lowest BCUT2D eigenvalue weighted by molar-refractivity contribution is -0.122. The number of hydrogen-bond acceptors (Lipinski definition) is 5. The smallest absolute Gasteiger partial charge is 0.242 e. The highest BCUT2D eigenvalue weighted by molar-refractivity contribution is 7.09. The molecule has 1 saturated heterocycles. The van der Waals surface area contributed by atoms with E-state index >= 15 is 0 Å². The van der Waals surface area contributed by atoms with Gasteiger partial charge in [-0.05, 0) is 42.5 Å². The zero-order chi connectivity index (χ0) is 20.9. The van der Waals surface area contributed by atoms with Crippen molar-refractivity contribution >= 4 is 45.8 Å². The Balaban J connectivity index is 1.34. The highest BCUT2D eigenvalue weighted by atomic mass is 35.5. The molecule has 0 bridgehead atoms. The number of hydrogen-bond donors (Lipinski definition) is 1. The molecule has 1 N–H and O–H groups in total. The molecule has 1 aliphatic rings. The molecule has 0 aliphatic carbocycles. The Morgan fingerprint density at radius 1 is 1.20 bits per heavy atom. The van der Waals surface area contributed by atoms with Gasteiger partial charge in [0, 0.05) is 41.1 Å². The molecular weight excluding hydrogens is 439 g/mol. The second-order valence-electron chi connectivity index (χ2n) is 7.28. The van der Waals surface area contributed by atoms with Gasteiger partial charge in [0.2, 0.25) is 11.0 Å². The zero-order valence-corrected chi connectivity index (χ0v) is 18.7. The molecular formula is C22H22Cl2N4OS. The van der Waals surface area contributed by atoms with Crippen LogP contribution in [0.25, 0.3) is 0 Å². The summed E-state index contributed by atoms with van der Waals surface area (Å²) in [7, 11) is 0. The van der Waals surface area contributed by atoms with Crippen molar-refractivity contribution in [3.05, 3.63) is 75.5 Å². The van der Waals surface area contributed by atoms with E-state index in [0.29, 0.717) is 29.4 Å². The molecule has 1 unspecified atom stereocenters. The molecule has 4 rings (SSSR count). The molecule has 1 fully saturated rings. The number of aromatic nitrogens is 2. The van der Waals surface area contributed by atoms with Crippen molar-refractivity contribution in [1.29, 1.82) is 0 Å². The van der Waals surface area contributed by atoms with Gasteiger partial charge >= 0.3 is 0 Å². The summed E-state index contributed by atoms with van der Waals surface area (Å²) in [4.78, 5) is 19.6. The van der Waals surface area contributed by atoms with Crippen LogP contribution in [-0.2, 0) is 17.6 Å². The Kier molecular flexibility index (Phi) is 6.87. The molecule has 156 valence electrons. The molecule has 1 amide bonds. The summed E-state index contributed by atoms with van der Waals surface area (Å²) in [6, 6.07) is 15.4. The fourth-order valence-electron chi connectivity index (χ4n) is 3.64. The molecule has 1 aliphatic heterocycles. The maximum atomic E-state index is 12.8. The number of carbonyl (C=O) groups is 1. The standard InChI is InChI=1S/C22H22Cl2N4OS/c23-17-9-8-16(18(24)14-17)10-11-25-21(29)19-7-4-12-28(19)22-26-20(27-30-22)13-15-5-2-1-3-6-15/h1-3,5-6,8-9,14,19H,4,7,10-13H2,(H,25,29). The van der Waals surface area contributed by atoms with E-state index in [1.165, 1.54) is 17.1 Å². The third-order valence-electron chi connectivity index (χ3n) is 5.17.